The molecule has 1 amide bonds. The van der Waals surface area contributed by atoms with Gasteiger partial charge in [-0.05, 0) is 59.9 Å². The topological polar surface area (TPSA) is 55.8 Å². The van der Waals surface area contributed by atoms with Crippen molar-refractivity contribution < 1.29 is 19.1 Å². The maximum Gasteiger partial charge on any atom is 0.410 e. The van der Waals surface area contributed by atoms with E-state index in [0.717, 1.165) is 24.8 Å². The van der Waals surface area contributed by atoms with Crippen molar-refractivity contribution in [2.75, 3.05) is 6.54 Å². The summed E-state index contributed by atoms with van der Waals surface area (Å²) in [6.45, 7) is 11.7. The number of likely N-dealkylation sites (tertiary alicyclic amines) is 1. The van der Waals surface area contributed by atoms with Crippen LogP contribution in [0.3, 0.4) is 0 Å². The molecule has 1 aliphatic carbocycles. The summed E-state index contributed by atoms with van der Waals surface area (Å²) < 4.78 is 11.6. The van der Waals surface area contributed by atoms with Crippen LogP contribution < -0.4 is 0 Å². The van der Waals surface area contributed by atoms with Crippen LogP contribution >= 0.6 is 0 Å². The van der Waals surface area contributed by atoms with Gasteiger partial charge in [-0.15, -0.1) is 0 Å². The Labute approximate surface area is 180 Å². The summed E-state index contributed by atoms with van der Waals surface area (Å²) in [5.74, 6) is -0.321. The molecule has 5 heteroatoms. The second-order valence-electron chi connectivity index (χ2n) is 10.5. The molecule has 1 aromatic carbocycles. The van der Waals surface area contributed by atoms with Crippen molar-refractivity contribution in [3.8, 4) is 0 Å². The van der Waals surface area contributed by atoms with Crippen LogP contribution in [0.15, 0.2) is 36.4 Å². The van der Waals surface area contributed by atoms with Crippen LogP contribution in [0.25, 0.3) is 6.08 Å². The molecule has 30 heavy (non-hydrogen) atoms. The first-order valence-electron chi connectivity index (χ1n) is 10.9. The van der Waals surface area contributed by atoms with Gasteiger partial charge >= 0.3 is 12.1 Å². The zero-order chi connectivity index (χ0) is 22.2. The molecule has 0 bridgehead atoms. The highest BCUT2D eigenvalue weighted by atomic mass is 16.6. The number of rotatable bonds is 3. The van der Waals surface area contributed by atoms with Crippen LogP contribution in [0, 0.1) is 11.3 Å². The van der Waals surface area contributed by atoms with Crippen molar-refractivity contribution in [1.82, 2.24) is 4.90 Å². The maximum absolute atomic E-state index is 13.5. The standard InChI is InChI=1S/C25H35NO4/c1-23(2,3)29-21(27)25-16-10-13-20(25)26(22(28)30-24(4,5)6)17-19(25)15-14-18-11-8-7-9-12-18/h7-9,11-12,14-15,19-20H,10,13,16-17H2,1-6H3/b15-14+/t19-,20+,25-/m1/s1. The Bertz CT molecular complexity index is 803. The molecule has 164 valence electrons. The van der Waals surface area contributed by atoms with Crippen molar-refractivity contribution in [3.63, 3.8) is 0 Å². The fourth-order valence-electron chi connectivity index (χ4n) is 4.69. The molecule has 0 N–H and O–H groups in total. The number of fused-ring (bicyclic) bond motifs is 1. The predicted octanol–water partition coefficient (Wildman–Crippen LogP) is 5.45. The van der Waals surface area contributed by atoms with E-state index in [1.807, 2.05) is 78.0 Å². The van der Waals surface area contributed by atoms with E-state index in [2.05, 4.69) is 6.08 Å². The zero-order valence-electron chi connectivity index (χ0n) is 19.1. The summed E-state index contributed by atoms with van der Waals surface area (Å²) in [5.41, 5.74) is -0.814. The minimum Gasteiger partial charge on any atom is -0.459 e. The van der Waals surface area contributed by atoms with Crippen molar-refractivity contribution >= 4 is 18.1 Å². The highest BCUT2D eigenvalue weighted by Crippen LogP contribution is 2.54. The number of hydrogen-bond donors (Lipinski definition) is 0. The van der Waals surface area contributed by atoms with E-state index in [-0.39, 0.29) is 24.0 Å². The maximum atomic E-state index is 13.5. The zero-order valence-corrected chi connectivity index (χ0v) is 19.1. The fraction of sp³-hybridized carbons (Fsp3) is 0.600. The lowest BCUT2D eigenvalue weighted by Crippen LogP contribution is -2.48. The summed E-state index contributed by atoms with van der Waals surface area (Å²) in [7, 11) is 0. The molecule has 0 radical (unpaired) electrons. The van der Waals surface area contributed by atoms with E-state index in [9.17, 15) is 9.59 Å². The molecule has 0 aromatic heterocycles. The fourth-order valence-corrected chi connectivity index (χ4v) is 4.69. The predicted molar refractivity (Wildman–Crippen MR) is 118 cm³/mol. The monoisotopic (exact) mass is 413 g/mol. The van der Waals surface area contributed by atoms with E-state index in [1.165, 1.54) is 0 Å². The van der Waals surface area contributed by atoms with E-state index in [0.29, 0.717) is 6.54 Å². The molecule has 5 nitrogen and oxygen atoms in total. The average molecular weight is 414 g/mol. The molecule has 3 atom stereocenters. The highest BCUT2D eigenvalue weighted by Gasteiger charge is 2.63. The van der Waals surface area contributed by atoms with Crippen molar-refractivity contribution in [2.24, 2.45) is 11.3 Å². The van der Waals surface area contributed by atoms with Gasteiger partial charge in [-0.1, -0.05) is 48.9 Å². The summed E-state index contributed by atoms with van der Waals surface area (Å²) >= 11 is 0. The van der Waals surface area contributed by atoms with Gasteiger partial charge in [0.15, 0.2) is 0 Å². The summed E-state index contributed by atoms with van der Waals surface area (Å²) in [6, 6.07) is 9.82. The van der Waals surface area contributed by atoms with E-state index >= 15 is 0 Å². The average Bonchev–Trinajstić information content (AvgIpc) is 3.17. The molecule has 3 rings (SSSR count). The number of nitrogens with zero attached hydrogens (tertiary/aromatic N) is 1. The Balaban J connectivity index is 1.96. The summed E-state index contributed by atoms with van der Waals surface area (Å²) in [5, 5.41) is 0. The summed E-state index contributed by atoms with van der Waals surface area (Å²) in [6.07, 6.45) is 6.17. The third kappa shape index (κ3) is 4.71. The number of carbonyl (C=O) groups excluding carboxylic acids is 2. The van der Waals surface area contributed by atoms with Gasteiger partial charge in [0.1, 0.15) is 11.2 Å². The lowest BCUT2D eigenvalue weighted by molar-refractivity contribution is -0.169. The molecule has 1 aliphatic heterocycles. The SMILES string of the molecule is CC(C)(C)OC(=O)N1C[C@@H](/C=C/c2ccccc2)[C@]2(C(=O)OC(C)(C)C)CCC[C@H]12. The third-order valence-corrected chi connectivity index (χ3v) is 5.82. The lowest BCUT2D eigenvalue weighted by atomic mass is 9.74. The molecule has 0 spiro atoms. The lowest BCUT2D eigenvalue weighted by Gasteiger charge is -2.35. The number of amides is 1. The molecule has 1 heterocycles. The van der Waals surface area contributed by atoms with Gasteiger partial charge in [0.2, 0.25) is 0 Å². The Kier molecular flexibility index (Phi) is 6.03. The van der Waals surface area contributed by atoms with Gasteiger partial charge < -0.3 is 14.4 Å². The number of ether oxygens (including phenoxy) is 2. The molecule has 1 saturated heterocycles. The number of carbonyl (C=O) groups is 2. The van der Waals surface area contributed by atoms with Gasteiger partial charge in [0.25, 0.3) is 0 Å². The minimum absolute atomic E-state index is 0.118. The molecule has 0 unspecified atom stereocenters. The van der Waals surface area contributed by atoms with Gasteiger partial charge in [0.05, 0.1) is 11.5 Å². The quantitative estimate of drug-likeness (QED) is 0.619. The molecule has 2 fully saturated rings. The second kappa shape index (κ2) is 8.09. The van der Waals surface area contributed by atoms with Gasteiger partial charge in [0, 0.05) is 12.5 Å². The molecule has 1 aromatic rings. The first-order valence-corrected chi connectivity index (χ1v) is 10.9. The van der Waals surface area contributed by atoms with Gasteiger partial charge in [-0.25, -0.2) is 4.79 Å². The van der Waals surface area contributed by atoms with Crippen LogP contribution in [0.5, 0.6) is 0 Å². The van der Waals surface area contributed by atoms with E-state index < -0.39 is 16.6 Å². The number of esters is 1. The first-order chi connectivity index (χ1) is 13.9. The van der Waals surface area contributed by atoms with Crippen LogP contribution in [-0.2, 0) is 14.3 Å². The molecule has 2 aliphatic rings. The smallest absolute Gasteiger partial charge is 0.410 e. The Hall–Kier alpha value is -2.30. The van der Waals surface area contributed by atoms with Crippen molar-refractivity contribution in [3.05, 3.63) is 42.0 Å². The van der Waals surface area contributed by atoms with Crippen LogP contribution in [-0.4, -0.2) is 40.8 Å². The van der Waals surface area contributed by atoms with Crippen molar-refractivity contribution in [2.45, 2.75) is 78.0 Å². The highest BCUT2D eigenvalue weighted by molar-refractivity contribution is 5.82. The molecular weight excluding hydrogens is 378 g/mol. The van der Waals surface area contributed by atoms with E-state index in [4.69, 9.17) is 9.47 Å². The minimum atomic E-state index is -0.727. The van der Waals surface area contributed by atoms with Crippen molar-refractivity contribution in [1.29, 1.82) is 0 Å². The van der Waals surface area contributed by atoms with Gasteiger partial charge in [-0.2, -0.15) is 0 Å². The number of hydrogen-bond acceptors (Lipinski definition) is 4. The molecule has 1 saturated carbocycles. The van der Waals surface area contributed by atoms with E-state index in [1.54, 1.807) is 4.90 Å². The Morgan fingerprint density at radius 1 is 1.03 bits per heavy atom. The Morgan fingerprint density at radius 2 is 1.67 bits per heavy atom. The van der Waals surface area contributed by atoms with Gasteiger partial charge in [-0.3, -0.25) is 4.79 Å². The normalized spacial score (nSPS) is 26.7. The number of benzene rings is 1. The van der Waals surface area contributed by atoms with Crippen LogP contribution in [0.4, 0.5) is 4.79 Å². The van der Waals surface area contributed by atoms with Crippen LogP contribution in [0.1, 0.15) is 66.4 Å². The van der Waals surface area contributed by atoms with Crippen LogP contribution in [0.2, 0.25) is 0 Å². The second-order valence-corrected chi connectivity index (χ2v) is 10.5. The Morgan fingerprint density at radius 3 is 2.27 bits per heavy atom. The third-order valence-electron chi connectivity index (χ3n) is 5.82. The largest absolute Gasteiger partial charge is 0.459 e. The molecular formula is C25H35NO4. The summed E-state index contributed by atoms with van der Waals surface area (Å²) in [4.78, 5) is 28.3. The first kappa shape index (κ1) is 22.4.